The van der Waals surface area contributed by atoms with Crippen molar-refractivity contribution in [1.82, 2.24) is 9.97 Å². The van der Waals surface area contributed by atoms with Crippen molar-refractivity contribution in [3.63, 3.8) is 0 Å². The van der Waals surface area contributed by atoms with Gasteiger partial charge in [-0.05, 0) is 0 Å². The molecule has 70 valence electrons. The number of carboxylic acid groups (broad SMARTS) is 1. The number of nitrogens with zero attached hydrogens (tertiary/aromatic N) is 1. The van der Waals surface area contributed by atoms with Gasteiger partial charge < -0.3 is 17.3 Å². The van der Waals surface area contributed by atoms with Crippen molar-refractivity contribution in [1.29, 1.82) is 0 Å². The van der Waals surface area contributed by atoms with Crippen molar-refractivity contribution < 1.29 is 40.9 Å². The molecular weight excluding hydrogens is 205 g/mol. The van der Waals surface area contributed by atoms with Gasteiger partial charge in [-0.2, -0.15) is 0 Å². The largest absolute Gasteiger partial charge is 1.00 e. The molecule has 0 aromatic carbocycles. The van der Waals surface area contributed by atoms with Crippen LogP contribution in [-0.4, -0.2) is 27.1 Å². The van der Waals surface area contributed by atoms with Crippen molar-refractivity contribution >= 4 is 18.4 Å². The molecular formula is C6H11ClN3NaO2. The number of aromatic amines is 1. The summed E-state index contributed by atoms with van der Waals surface area (Å²) in [6, 6.07) is -0.851. The van der Waals surface area contributed by atoms with Crippen LogP contribution in [0.5, 0.6) is 0 Å². The second-order valence-corrected chi connectivity index (χ2v) is 2.23. The zero-order valence-electron chi connectivity index (χ0n) is 8.23. The van der Waals surface area contributed by atoms with Crippen LogP contribution in [0, 0.1) is 0 Å². The Kier molecular flexibility index (Phi) is 8.70. The number of carbonyl (C=O) groups is 1. The Labute approximate surface area is 105 Å². The molecule has 0 aliphatic carbocycles. The molecule has 0 amide bonds. The minimum Gasteiger partial charge on any atom is -1.00 e. The predicted octanol–water partition coefficient (Wildman–Crippen LogP) is -3.10. The summed E-state index contributed by atoms with van der Waals surface area (Å²) in [4.78, 5) is 16.8. The maximum absolute atomic E-state index is 10.3. The molecule has 0 fully saturated rings. The van der Waals surface area contributed by atoms with Crippen LogP contribution in [0.15, 0.2) is 12.5 Å². The Morgan fingerprint density at radius 2 is 2.46 bits per heavy atom. The van der Waals surface area contributed by atoms with Crippen molar-refractivity contribution in [3.8, 4) is 0 Å². The molecule has 0 radical (unpaired) electrons. The minimum atomic E-state index is -1.00. The number of imidazole rings is 1. The number of aromatic nitrogens is 2. The van der Waals surface area contributed by atoms with Gasteiger partial charge in [0.25, 0.3) is 0 Å². The van der Waals surface area contributed by atoms with Gasteiger partial charge in [-0.3, -0.25) is 4.79 Å². The number of carboxylic acids is 1. The standard InChI is InChI=1S/C6H9N3O2.ClH.Na.H/c7-5(6(10)11)1-4-2-8-3-9-4;;;/h2-3,5H,1,7H2,(H,8,9)(H,10,11);1H;;/q;;+1;-1/t5-;;;/m0.../s1. The van der Waals surface area contributed by atoms with E-state index in [-0.39, 0.29) is 49.8 Å². The Morgan fingerprint density at radius 1 is 1.85 bits per heavy atom. The maximum atomic E-state index is 10.3. The van der Waals surface area contributed by atoms with Gasteiger partial charge in [0, 0.05) is 18.3 Å². The third-order valence-corrected chi connectivity index (χ3v) is 1.31. The second-order valence-electron chi connectivity index (χ2n) is 2.23. The van der Waals surface area contributed by atoms with E-state index < -0.39 is 12.0 Å². The summed E-state index contributed by atoms with van der Waals surface area (Å²) in [6.45, 7) is 0. The van der Waals surface area contributed by atoms with Gasteiger partial charge in [-0.15, -0.1) is 12.4 Å². The van der Waals surface area contributed by atoms with E-state index in [0.29, 0.717) is 0 Å². The number of nitrogens with two attached hydrogens (primary N) is 1. The Morgan fingerprint density at radius 3 is 2.85 bits per heavy atom. The van der Waals surface area contributed by atoms with Crippen LogP contribution in [0.2, 0.25) is 0 Å². The molecule has 1 rings (SSSR count). The van der Waals surface area contributed by atoms with E-state index in [2.05, 4.69) is 9.97 Å². The first-order chi connectivity index (χ1) is 5.20. The predicted molar refractivity (Wildman–Crippen MR) is 46.3 cm³/mol. The van der Waals surface area contributed by atoms with Crippen LogP contribution in [0.4, 0.5) is 0 Å². The molecule has 0 aliphatic rings. The van der Waals surface area contributed by atoms with Crippen molar-refractivity contribution in [2.75, 3.05) is 0 Å². The van der Waals surface area contributed by atoms with Crippen LogP contribution in [0.3, 0.4) is 0 Å². The SMILES string of the molecule is Cl.N[C@@H](Cc1cnc[nH]1)C(=O)O.[H-].[Na+]. The van der Waals surface area contributed by atoms with Gasteiger partial charge in [0.05, 0.1) is 6.33 Å². The summed E-state index contributed by atoms with van der Waals surface area (Å²) >= 11 is 0. The molecule has 1 aromatic rings. The molecule has 0 saturated carbocycles. The van der Waals surface area contributed by atoms with Gasteiger partial charge in [-0.1, -0.05) is 0 Å². The van der Waals surface area contributed by atoms with Crippen molar-refractivity contribution in [2.45, 2.75) is 12.5 Å². The number of H-pyrrole nitrogens is 1. The van der Waals surface area contributed by atoms with E-state index >= 15 is 0 Å². The molecule has 5 nitrogen and oxygen atoms in total. The second kappa shape index (κ2) is 7.34. The summed E-state index contributed by atoms with van der Waals surface area (Å²) in [5, 5.41) is 8.42. The molecule has 0 unspecified atom stereocenters. The fourth-order valence-electron chi connectivity index (χ4n) is 0.721. The number of hydrogen-bond acceptors (Lipinski definition) is 3. The monoisotopic (exact) mass is 215 g/mol. The Bertz CT molecular complexity index is 247. The number of rotatable bonds is 3. The first kappa shape index (κ1) is 15.4. The van der Waals surface area contributed by atoms with E-state index in [0.717, 1.165) is 5.69 Å². The van der Waals surface area contributed by atoms with Crippen LogP contribution >= 0.6 is 12.4 Å². The molecule has 1 atom stereocenters. The zero-order valence-corrected chi connectivity index (χ0v) is 10.0. The van der Waals surface area contributed by atoms with E-state index in [4.69, 9.17) is 10.8 Å². The number of hydrogen-bond donors (Lipinski definition) is 3. The Balaban J connectivity index is -0.000000403. The molecule has 0 aliphatic heterocycles. The third-order valence-electron chi connectivity index (χ3n) is 1.31. The van der Waals surface area contributed by atoms with Gasteiger partial charge in [-0.25, -0.2) is 4.98 Å². The van der Waals surface area contributed by atoms with Gasteiger partial charge in [0.15, 0.2) is 0 Å². The van der Waals surface area contributed by atoms with Crippen LogP contribution < -0.4 is 35.3 Å². The van der Waals surface area contributed by atoms with Gasteiger partial charge in [0.1, 0.15) is 6.04 Å². The van der Waals surface area contributed by atoms with Crippen molar-refractivity contribution in [2.24, 2.45) is 5.73 Å². The summed E-state index contributed by atoms with van der Waals surface area (Å²) in [7, 11) is 0. The fraction of sp³-hybridized carbons (Fsp3) is 0.333. The normalized spacial score (nSPS) is 10.8. The first-order valence-corrected chi connectivity index (χ1v) is 3.16. The van der Waals surface area contributed by atoms with Crippen LogP contribution in [0.25, 0.3) is 0 Å². The number of nitrogens with one attached hydrogen (secondary N) is 1. The van der Waals surface area contributed by atoms with Gasteiger partial charge >= 0.3 is 35.5 Å². The topological polar surface area (TPSA) is 92.0 Å². The maximum Gasteiger partial charge on any atom is 1.00 e. The smallest absolute Gasteiger partial charge is 1.00 e. The molecule has 1 heterocycles. The minimum absolute atomic E-state index is 0. The molecule has 1 aromatic heterocycles. The fourth-order valence-corrected chi connectivity index (χ4v) is 0.721. The summed E-state index contributed by atoms with van der Waals surface area (Å²) < 4.78 is 0. The van der Waals surface area contributed by atoms with Crippen LogP contribution in [-0.2, 0) is 11.2 Å². The Hall–Kier alpha value is -0.0700. The van der Waals surface area contributed by atoms with E-state index in [1.807, 2.05) is 0 Å². The zero-order chi connectivity index (χ0) is 8.27. The van der Waals surface area contributed by atoms with E-state index in [1.165, 1.54) is 6.33 Å². The summed E-state index contributed by atoms with van der Waals surface area (Å²) in [5.74, 6) is -1.00. The summed E-state index contributed by atoms with van der Waals surface area (Å²) in [6.07, 6.45) is 3.34. The number of aliphatic carboxylic acids is 1. The van der Waals surface area contributed by atoms with Crippen LogP contribution in [0.1, 0.15) is 7.12 Å². The first-order valence-electron chi connectivity index (χ1n) is 3.16. The van der Waals surface area contributed by atoms with E-state index in [9.17, 15) is 4.79 Å². The number of halogens is 1. The third kappa shape index (κ3) is 5.28. The summed E-state index contributed by atoms with van der Waals surface area (Å²) in [5.41, 5.74) is 6.00. The molecule has 7 heteroatoms. The molecule has 4 N–H and O–H groups in total. The van der Waals surface area contributed by atoms with E-state index in [1.54, 1.807) is 6.20 Å². The van der Waals surface area contributed by atoms with Gasteiger partial charge in [0.2, 0.25) is 0 Å². The average molecular weight is 216 g/mol. The molecule has 13 heavy (non-hydrogen) atoms. The molecule has 0 saturated heterocycles. The van der Waals surface area contributed by atoms with Crippen molar-refractivity contribution in [3.05, 3.63) is 18.2 Å². The molecule has 0 spiro atoms. The average Bonchev–Trinajstić information content (AvgIpc) is 2.39. The quantitative estimate of drug-likeness (QED) is 0.466. The molecule has 0 bridgehead atoms.